The molecule has 2 heterocycles. The number of nitrogens with zero attached hydrogens (tertiary/aromatic N) is 4. The van der Waals surface area contributed by atoms with E-state index in [-0.39, 0.29) is 0 Å². The van der Waals surface area contributed by atoms with Gasteiger partial charge in [0, 0.05) is 35.9 Å². The van der Waals surface area contributed by atoms with Gasteiger partial charge in [-0.2, -0.15) is 10.5 Å². The highest BCUT2D eigenvalue weighted by Crippen LogP contribution is 2.46. The highest BCUT2D eigenvalue weighted by atomic mass is 14.6. The van der Waals surface area contributed by atoms with Gasteiger partial charge in [-0.25, -0.2) is 0 Å². The summed E-state index contributed by atoms with van der Waals surface area (Å²) in [7, 11) is 0. The molecule has 0 unspecified atom stereocenters. The second-order valence-electron chi connectivity index (χ2n) is 11.3. The van der Waals surface area contributed by atoms with Crippen molar-refractivity contribution in [2.45, 2.75) is 0 Å². The van der Waals surface area contributed by atoms with Crippen molar-refractivity contribution < 1.29 is 0 Å². The third kappa shape index (κ3) is 4.46. The van der Waals surface area contributed by atoms with E-state index in [1.165, 1.54) is 32.7 Å². The minimum Gasteiger partial charge on any atom is -0.263 e. The predicted octanol–water partition coefficient (Wildman–Crippen LogP) is 10.3. The van der Waals surface area contributed by atoms with E-state index in [1.54, 1.807) is 18.6 Å². The Morgan fingerprint density at radius 2 is 0.804 bits per heavy atom. The van der Waals surface area contributed by atoms with Crippen LogP contribution in [0.4, 0.5) is 0 Å². The molecule has 0 aliphatic carbocycles. The first-order valence-corrected chi connectivity index (χ1v) is 15.0. The second kappa shape index (κ2) is 11.1. The summed E-state index contributed by atoms with van der Waals surface area (Å²) >= 11 is 0. The molecule has 0 atom stereocenters. The van der Waals surface area contributed by atoms with Crippen molar-refractivity contribution in [1.82, 2.24) is 9.97 Å². The highest BCUT2D eigenvalue weighted by molar-refractivity contribution is 6.24. The molecule has 0 aliphatic heterocycles. The topological polar surface area (TPSA) is 73.4 Å². The van der Waals surface area contributed by atoms with Gasteiger partial charge >= 0.3 is 0 Å². The number of aromatic nitrogens is 2. The molecule has 0 saturated carbocycles. The molecule has 212 valence electrons. The maximum Gasteiger partial charge on any atom is 0.101 e. The first kappa shape index (κ1) is 27.0. The third-order valence-electron chi connectivity index (χ3n) is 8.68. The van der Waals surface area contributed by atoms with Gasteiger partial charge in [0.1, 0.15) is 12.1 Å². The van der Waals surface area contributed by atoms with Crippen LogP contribution in [0.25, 0.3) is 76.8 Å². The van der Waals surface area contributed by atoms with Crippen LogP contribution >= 0.6 is 0 Å². The Balaban J connectivity index is 1.37. The number of pyridine rings is 2. The molecule has 2 aromatic heterocycles. The van der Waals surface area contributed by atoms with Crippen molar-refractivity contribution >= 4 is 32.3 Å². The minimum absolute atomic E-state index is 0.540. The fourth-order valence-electron chi connectivity index (χ4n) is 6.64. The largest absolute Gasteiger partial charge is 0.263 e. The van der Waals surface area contributed by atoms with E-state index in [1.807, 2.05) is 18.3 Å². The molecule has 8 rings (SSSR count). The maximum absolute atomic E-state index is 9.50. The summed E-state index contributed by atoms with van der Waals surface area (Å²) in [5.41, 5.74) is 9.64. The summed E-state index contributed by atoms with van der Waals surface area (Å²) in [6.45, 7) is 0. The monoisotopic (exact) mass is 584 g/mol. The van der Waals surface area contributed by atoms with Crippen LogP contribution in [0, 0.1) is 22.7 Å². The van der Waals surface area contributed by atoms with Crippen LogP contribution in [0.1, 0.15) is 11.1 Å². The molecule has 6 aromatic carbocycles. The summed E-state index contributed by atoms with van der Waals surface area (Å²) in [6, 6.07) is 46.8. The predicted molar refractivity (Wildman–Crippen MR) is 186 cm³/mol. The van der Waals surface area contributed by atoms with Crippen molar-refractivity contribution in [2.24, 2.45) is 0 Å². The Kier molecular flexibility index (Phi) is 6.53. The van der Waals surface area contributed by atoms with Crippen molar-refractivity contribution in [2.75, 3.05) is 0 Å². The van der Waals surface area contributed by atoms with E-state index in [4.69, 9.17) is 0 Å². The molecule has 0 bridgehead atoms. The molecule has 4 nitrogen and oxygen atoms in total. The van der Waals surface area contributed by atoms with E-state index in [0.29, 0.717) is 11.1 Å². The fourth-order valence-corrected chi connectivity index (χ4v) is 6.64. The summed E-state index contributed by atoms with van der Waals surface area (Å²) < 4.78 is 0. The minimum atomic E-state index is 0.540. The van der Waals surface area contributed by atoms with Gasteiger partial charge in [0.25, 0.3) is 0 Å². The second-order valence-corrected chi connectivity index (χ2v) is 11.3. The zero-order chi connectivity index (χ0) is 31.0. The number of benzene rings is 6. The lowest BCUT2D eigenvalue weighted by Crippen LogP contribution is -1.93. The Bertz CT molecular complexity index is 2490. The number of hydrogen-bond donors (Lipinski definition) is 0. The number of rotatable bonds is 4. The summed E-state index contributed by atoms with van der Waals surface area (Å²) in [5.74, 6) is 0. The third-order valence-corrected chi connectivity index (χ3v) is 8.68. The Morgan fingerprint density at radius 1 is 0.370 bits per heavy atom. The Labute approximate surface area is 266 Å². The van der Waals surface area contributed by atoms with E-state index in [2.05, 4.69) is 131 Å². The maximum atomic E-state index is 9.50. The number of fused-ring (bicyclic) bond motifs is 3. The highest BCUT2D eigenvalue weighted by Gasteiger charge is 2.19. The van der Waals surface area contributed by atoms with E-state index < -0.39 is 0 Å². The van der Waals surface area contributed by atoms with Gasteiger partial charge in [0.2, 0.25) is 0 Å². The van der Waals surface area contributed by atoms with Gasteiger partial charge in [-0.15, -0.1) is 0 Å². The average Bonchev–Trinajstić information content (AvgIpc) is 3.13. The van der Waals surface area contributed by atoms with Gasteiger partial charge in [0.05, 0.1) is 11.1 Å². The first-order valence-electron chi connectivity index (χ1n) is 15.0. The lowest BCUT2D eigenvalue weighted by atomic mass is 9.83. The normalized spacial score (nSPS) is 11.0. The zero-order valence-corrected chi connectivity index (χ0v) is 24.6. The molecule has 8 aromatic rings. The van der Waals surface area contributed by atoms with Gasteiger partial charge < -0.3 is 0 Å². The van der Waals surface area contributed by atoms with Crippen molar-refractivity contribution in [3.05, 3.63) is 157 Å². The molecule has 0 spiro atoms. The fraction of sp³-hybridized carbons (Fsp3) is 0. The Morgan fingerprint density at radius 3 is 1.37 bits per heavy atom. The van der Waals surface area contributed by atoms with Crippen LogP contribution < -0.4 is 0 Å². The lowest BCUT2D eigenvalue weighted by molar-refractivity contribution is 1.30. The number of nitriles is 2. The molecule has 0 fully saturated rings. The van der Waals surface area contributed by atoms with Crippen molar-refractivity contribution in [3.63, 3.8) is 0 Å². The summed E-state index contributed by atoms with van der Waals surface area (Å²) in [4.78, 5) is 8.58. The smallest absolute Gasteiger partial charge is 0.101 e. The average molecular weight is 585 g/mol. The molecule has 0 saturated heterocycles. The van der Waals surface area contributed by atoms with Gasteiger partial charge in [-0.3, -0.25) is 9.97 Å². The van der Waals surface area contributed by atoms with Crippen LogP contribution in [0.15, 0.2) is 146 Å². The van der Waals surface area contributed by atoms with Gasteiger partial charge in [-0.1, -0.05) is 109 Å². The van der Waals surface area contributed by atoms with Crippen LogP contribution in [-0.4, -0.2) is 9.97 Å². The molecule has 46 heavy (non-hydrogen) atoms. The van der Waals surface area contributed by atoms with E-state index in [0.717, 1.165) is 44.2 Å². The van der Waals surface area contributed by atoms with Crippen LogP contribution in [0.5, 0.6) is 0 Å². The first-order chi connectivity index (χ1) is 22.7. The number of hydrogen-bond acceptors (Lipinski definition) is 4. The van der Waals surface area contributed by atoms with E-state index in [9.17, 15) is 10.5 Å². The zero-order valence-electron chi connectivity index (χ0n) is 24.6. The van der Waals surface area contributed by atoms with Crippen LogP contribution in [0.2, 0.25) is 0 Å². The lowest BCUT2D eigenvalue weighted by Gasteiger charge is -2.19. The van der Waals surface area contributed by atoms with Crippen molar-refractivity contribution in [1.29, 1.82) is 10.5 Å². The quantitative estimate of drug-likeness (QED) is 0.193. The van der Waals surface area contributed by atoms with Gasteiger partial charge in [0.15, 0.2) is 0 Å². The van der Waals surface area contributed by atoms with Gasteiger partial charge in [-0.05, 0) is 77.8 Å². The van der Waals surface area contributed by atoms with Crippen LogP contribution in [0.3, 0.4) is 0 Å². The summed E-state index contributed by atoms with van der Waals surface area (Å²) in [5, 5.41) is 25.8. The molecule has 0 aliphatic rings. The molecule has 0 radical (unpaired) electrons. The van der Waals surface area contributed by atoms with Crippen LogP contribution in [-0.2, 0) is 0 Å². The summed E-state index contributed by atoms with van der Waals surface area (Å²) in [6.07, 6.45) is 6.79. The molecule has 0 N–H and O–H groups in total. The van der Waals surface area contributed by atoms with E-state index >= 15 is 0 Å². The molecular weight excluding hydrogens is 560 g/mol. The molecule has 0 amide bonds. The standard InChI is InChI=1S/C42H24N4/c43-21-27-19-31(25-45-23-27)29-13-15-30(16-14-29)41-36-9-3-5-11-38(36)42(39-12-6-4-10-37(39)41)40-18-17-33(34-7-1-2-8-35(34)40)32-20-28(22-44)24-46-26-32/h1-20,23-26H. The molecule has 4 heteroatoms. The SMILES string of the molecule is N#Cc1cncc(-c2ccc(-c3c4ccccc4c(-c4ccc(-c5cncc(C#N)c5)c5ccccc45)c4ccccc34)cc2)c1. The van der Waals surface area contributed by atoms with Crippen molar-refractivity contribution in [3.8, 4) is 56.6 Å². The Hall–Kier alpha value is -6.62. The molecular formula is C42H24N4.